The lowest BCUT2D eigenvalue weighted by Crippen LogP contribution is -2.17. The van der Waals surface area contributed by atoms with E-state index in [0.29, 0.717) is 16.5 Å². The Labute approximate surface area is 112 Å². The maximum Gasteiger partial charge on any atom is 0.268 e. The van der Waals surface area contributed by atoms with Crippen LogP contribution in [-0.2, 0) is 0 Å². The Morgan fingerprint density at radius 1 is 1.35 bits per heavy atom. The summed E-state index contributed by atoms with van der Waals surface area (Å²) < 4.78 is 0. The van der Waals surface area contributed by atoms with Crippen molar-refractivity contribution in [3.05, 3.63) is 40.6 Å². The maximum absolute atomic E-state index is 11.4. The van der Waals surface area contributed by atoms with Crippen LogP contribution in [-0.4, -0.2) is 15.9 Å². The summed E-state index contributed by atoms with van der Waals surface area (Å²) in [4.78, 5) is 29.2. The number of amides is 1. The number of benzene rings is 1. The number of nitroso groups, excluding NO2 is 1. The van der Waals surface area contributed by atoms with Crippen LogP contribution in [0.25, 0.3) is 22.2 Å². The van der Waals surface area contributed by atoms with Crippen LogP contribution in [0.2, 0.25) is 0 Å². The van der Waals surface area contributed by atoms with Crippen molar-refractivity contribution >= 4 is 22.4 Å². The maximum atomic E-state index is 11.4. The first-order chi connectivity index (χ1) is 9.67. The predicted molar refractivity (Wildman–Crippen MR) is 71.4 cm³/mol. The molecule has 0 unspecified atom stereocenters. The zero-order valence-electron chi connectivity index (χ0n) is 10.0. The van der Waals surface area contributed by atoms with Gasteiger partial charge < -0.3 is 10.7 Å². The Morgan fingerprint density at radius 3 is 2.65 bits per heavy atom. The van der Waals surface area contributed by atoms with Crippen LogP contribution in [0.5, 0.6) is 0 Å². The average Bonchev–Trinajstić information content (AvgIpc) is 2.78. The lowest BCUT2D eigenvalue weighted by molar-refractivity contribution is 0.0995. The fourth-order valence-corrected chi connectivity index (χ4v) is 2.22. The van der Waals surface area contributed by atoms with E-state index in [1.807, 2.05) is 0 Å². The molecule has 0 radical (unpaired) electrons. The normalized spacial score (nSPS) is 10.6. The van der Waals surface area contributed by atoms with E-state index in [2.05, 4.69) is 15.1 Å². The molecule has 1 aromatic carbocycles. The minimum Gasteiger partial charge on any atom is -0.364 e. The minimum atomic E-state index is -0.790. The number of rotatable bonds is 2. The van der Waals surface area contributed by atoms with Gasteiger partial charge in [0.25, 0.3) is 5.91 Å². The number of primary amides is 1. The molecule has 0 fully saturated rings. The van der Waals surface area contributed by atoms with Crippen LogP contribution in [0.1, 0.15) is 16.2 Å². The summed E-state index contributed by atoms with van der Waals surface area (Å²) in [6.45, 7) is 0. The Bertz CT molecular complexity index is 874. The van der Waals surface area contributed by atoms with Gasteiger partial charge in [0, 0.05) is 10.8 Å². The van der Waals surface area contributed by atoms with Gasteiger partial charge in [-0.1, -0.05) is 24.3 Å². The molecule has 0 aromatic heterocycles. The van der Waals surface area contributed by atoms with Crippen molar-refractivity contribution in [3.63, 3.8) is 0 Å². The molecule has 0 saturated heterocycles. The SMILES string of the molecule is N#Cc1nc2c(N=O)c3ccccc3c-2[nH]c1C(N)=O. The fourth-order valence-electron chi connectivity index (χ4n) is 2.22. The molecule has 0 spiro atoms. The molecular formula is C13H7N5O2. The Hall–Kier alpha value is -3.27. The summed E-state index contributed by atoms with van der Waals surface area (Å²) in [6.07, 6.45) is 0. The molecule has 2 aliphatic rings. The van der Waals surface area contributed by atoms with Crippen molar-refractivity contribution in [2.24, 2.45) is 10.9 Å². The van der Waals surface area contributed by atoms with E-state index >= 15 is 0 Å². The standard InChI is InChI=1S/C13H7N5O2/c14-5-8-11(13(15)19)17-9-6-3-1-2-4-7(6)10(18-20)12(9)16-8/h1-4,17H,(H2,15,19). The molecule has 1 aliphatic heterocycles. The van der Waals surface area contributed by atoms with Gasteiger partial charge in [-0.2, -0.15) is 5.26 Å². The molecule has 96 valence electrons. The second-order valence-electron chi connectivity index (χ2n) is 4.15. The molecule has 0 saturated carbocycles. The summed E-state index contributed by atoms with van der Waals surface area (Å²) in [7, 11) is 0. The van der Waals surface area contributed by atoms with Gasteiger partial charge >= 0.3 is 0 Å². The second-order valence-corrected chi connectivity index (χ2v) is 4.15. The minimum absolute atomic E-state index is 0.0896. The Kier molecular flexibility index (Phi) is 2.44. The van der Waals surface area contributed by atoms with Crippen LogP contribution in [0.4, 0.5) is 5.69 Å². The number of fused-ring (bicyclic) bond motifs is 3. The van der Waals surface area contributed by atoms with Gasteiger partial charge in [0.2, 0.25) is 0 Å². The topological polar surface area (TPSA) is 125 Å². The van der Waals surface area contributed by atoms with Crippen LogP contribution in [0.15, 0.2) is 29.4 Å². The van der Waals surface area contributed by atoms with E-state index in [1.54, 1.807) is 30.3 Å². The van der Waals surface area contributed by atoms with Gasteiger partial charge in [0.1, 0.15) is 23.1 Å². The first kappa shape index (κ1) is 11.8. The van der Waals surface area contributed by atoms with Crippen LogP contribution >= 0.6 is 0 Å². The molecule has 20 heavy (non-hydrogen) atoms. The van der Waals surface area contributed by atoms with Crippen molar-refractivity contribution in [3.8, 4) is 17.5 Å². The van der Waals surface area contributed by atoms with Crippen LogP contribution in [0, 0.1) is 16.2 Å². The molecule has 1 aliphatic carbocycles. The van der Waals surface area contributed by atoms with E-state index in [1.165, 1.54) is 0 Å². The number of H-pyrrole nitrogens is 1. The van der Waals surface area contributed by atoms with E-state index in [4.69, 9.17) is 11.0 Å². The molecule has 1 aromatic rings. The van der Waals surface area contributed by atoms with Crippen molar-refractivity contribution < 1.29 is 4.79 Å². The number of nitrogens with zero attached hydrogens (tertiary/aromatic N) is 3. The van der Waals surface area contributed by atoms with Gasteiger partial charge in [-0.05, 0) is 5.18 Å². The molecule has 7 heteroatoms. The lowest BCUT2D eigenvalue weighted by Gasteiger charge is -2.05. The summed E-state index contributed by atoms with van der Waals surface area (Å²) >= 11 is 0. The number of nitrogens with two attached hydrogens (primary N) is 1. The molecule has 1 amide bonds. The van der Waals surface area contributed by atoms with Gasteiger partial charge in [-0.3, -0.25) is 4.79 Å². The zero-order valence-corrected chi connectivity index (χ0v) is 10.0. The molecule has 0 bridgehead atoms. The number of carbonyl (C=O) groups is 1. The van der Waals surface area contributed by atoms with Gasteiger partial charge in [-0.25, -0.2) is 4.98 Å². The van der Waals surface area contributed by atoms with Crippen LogP contribution < -0.4 is 5.73 Å². The smallest absolute Gasteiger partial charge is 0.268 e. The molecule has 3 rings (SSSR count). The highest BCUT2D eigenvalue weighted by atomic mass is 16.3. The van der Waals surface area contributed by atoms with Gasteiger partial charge in [0.15, 0.2) is 5.69 Å². The van der Waals surface area contributed by atoms with Crippen molar-refractivity contribution in [1.29, 1.82) is 5.26 Å². The first-order valence-corrected chi connectivity index (χ1v) is 5.65. The molecular weight excluding hydrogens is 258 g/mol. The van der Waals surface area contributed by atoms with Gasteiger partial charge in [0.05, 0.1) is 5.69 Å². The highest BCUT2D eigenvalue weighted by Crippen LogP contribution is 2.42. The Morgan fingerprint density at radius 2 is 2.05 bits per heavy atom. The summed E-state index contributed by atoms with van der Waals surface area (Å²) in [5, 5.41) is 13.3. The van der Waals surface area contributed by atoms with E-state index in [0.717, 1.165) is 0 Å². The number of hydrogen-bond donors (Lipinski definition) is 2. The monoisotopic (exact) mass is 265 g/mol. The highest BCUT2D eigenvalue weighted by molar-refractivity contribution is 6.10. The number of aromatic amines is 1. The fraction of sp³-hybridized carbons (Fsp3) is 0. The zero-order chi connectivity index (χ0) is 14.3. The van der Waals surface area contributed by atoms with Gasteiger partial charge in [-0.15, -0.1) is 4.91 Å². The largest absolute Gasteiger partial charge is 0.364 e. The highest BCUT2D eigenvalue weighted by Gasteiger charge is 2.24. The number of hydrogen-bond acceptors (Lipinski definition) is 5. The van der Waals surface area contributed by atoms with E-state index in [-0.39, 0.29) is 22.8 Å². The molecule has 0 atom stereocenters. The third kappa shape index (κ3) is 1.45. The third-order valence-electron chi connectivity index (χ3n) is 3.07. The number of carbonyl (C=O) groups excluding carboxylic acids is 1. The summed E-state index contributed by atoms with van der Waals surface area (Å²) in [5.74, 6) is -0.790. The molecule has 3 N–H and O–H groups in total. The quantitative estimate of drug-likeness (QED) is 0.687. The average molecular weight is 265 g/mol. The lowest BCUT2D eigenvalue weighted by atomic mass is 10.2. The predicted octanol–water partition coefficient (Wildman–Crippen LogP) is 2.04. The van der Waals surface area contributed by atoms with Crippen molar-refractivity contribution in [2.45, 2.75) is 0 Å². The number of nitrogens with one attached hydrogen (secondary N) is 1. The molecule has 1 heterocycles. The van der Waals surface area contributed by atoms with E-state index in [9.17, 15) is 9.70 Å². The van der Waals surface area contributed by atoms with Crippen molar-refractivity contribution in [1.82, 2.24) is 9.97 Å². The number of nitriles is 1. The summed E-state index contributed by atoms with van der Waals surface area (Å²) in [6, 6.07) is 8.81. The number of aromatic nitrogens is 2. The first-order valence-electron chi connectivity index (χ1n) is 5.65. The Balaban J connectivity index is 2.54. The van der Waals surface area contributed by atoms with Crippen LogP contribution in [0.3, 0.4) is 0 Å². The van der Waals surface area contributed by atoms with Crippen molar-refractivity contribution in [2.75, 3.05) is 0 Å². The molecule has 7 nitrogen and oxygen atoms in total. The third-order valence-corrected chi connectivity index (χ3v) is 3.07. The van der Waals surface area contributed by atoms with E-state index < -0.39 is 5.91 Å². The summed E-state index contributed by atoms with van der Waals surface area (Å²) in [5.41, 5.74) is 5.82. The second kappa shape index (κ2) is 4.13.